The number of hydrogen-bond donors (Lipinski definition) is 1. The van der Waals surface area contributed by atoms with E-state index in [1.54, 1.807) is 19.3 Å². The van der Waals surface area contributed by atoms with Gasteiger partial charge in [-0.3, -0.25) is 4.68 Å². The van der Waals surface area contributed by atoms with Gasteiger partial charge < -0.3 is 5.73 Å². The van der Waals surface area contributed by atoms with Crippen molar-refractivity contribution in [2.24, 2.45) is 7.05 Å². The summed E-state index contributed by atoms with van der Waals surface area (Å²) in [5, 5.41) is 4.00. The van der Waals surface area contributed by atoms with Crippen LogP contribution in [0.15, 0.2) is 22.8 Å². The summed E-state index contributed by atoms with van der Waals surface area (Å²) in [4.78, 5) is 0. The molecule has 2 aromatic rings. The summed E-state index contributed by atoms with van der Waals surface area (Å²) in [7, 11) is 1.72. The van der Waals surface area contributed by atoms with E-state index in [1.165, 1.54) is 10.7 Å². The SMILES string of the molecule is Cc1cc(F)c(-c2cnn(C)c2N)cc1Br. The zero-order chi connectivity index (χ0) is 11.9. The molecule has 0 amide bonds. The van der Waals surface area contributed by atoms with Crippen LogP contribution in [0.1, 0.15) is 5.56 Å². The summed E-state index contributed by atoms with van der Waals surface area (Å²) in [6.45, 7) is 1.84. The van der Waals surface area contributed by atoms with Crippen LogP contribution in [0.4, 0.5) is 10.2 Å². The predicted octanol–water partition coefficient (Wildman–Crippen LogP) is 2.88. The van der Waals surface area contributed by atoms with Crippen molar-refractivity contribution in [2.75, 3.05) is 5.73 Å². The highest BCUT2D eigenvalue weighted by Crippen LogP contribution is 2.31. The van der Waals surface area contributed by atoms with Crippen LogP contribution in [0.25, 0.3) is 11.1 Å². The molecular weight excluding hydrogens is 273 g/mol. The summed E-state index contributed by atoms with van der Waals surface area (Å²) in [5.41, 5.74) is 7.73. The summed E-state index contributed by atoms with van der Waals surface area (Å²) in [6.07, 6.45) is 1.56. The molecular formula is C11H11BrFN3. The molecule has 0 saturated carbocycles. The molecule has 0 saturated heterocycles. The van der Waals surface area contributed by atoms with Crippen LogP contribution >= 0.6 is 15.9 Å². The Morgan fingerprint density at radius 3 is 2.62 bits per heavy atom. The van der Waals surface area contributed by atoms with Gasteiger partial charge in [0.1, 0.15) is 11.6 Å². The molecule has 2 N–H and O–H groups in total. The molecule has 0 aliphatic heterocycles. The molecule has 0 unspecified atom stereocenters. The lowest BCUT2D eigenvalue weighted by molar-refractivity contribution is 0.630. The van der Waals surface area contributed by atoms with Crippen LogP contribution < -0.4 is 5.73 Å². The lowest BCUT2D eigenvalue weighted by Gasteiger charge is -2.05. The first-order valence-corrected chi connectivity index (χ1v) is 5.53. The third kappa shape index (κ3) is 1.71. The molecule has 0 atom stereocenters. The van der Waals surface area contributed by atoms with Crippen LogP contribution in [-0.2, 0) is 7.05 Å². The van der Waals surface area contributed by atoms with E-state index in [-0.39, 0.29) is 5.82 Å². The Morgan fingerprint density at radius 2 is 2.06 bits per heavy atom. The Kier molecular flexibility index (Phi) is 2.71. The van der Waals surface area contributed by atoms with Crippen LogP contribution in [-0.4, -0.2) is 9.78 Å². The third-order valence-electron chi connectivity index (χ3n) is 2.52. The van der Waals surface area contributed by atoms with E-state index in [2.05, 4.69) is 21.0 Å². The zero-order valence-electron chi connectivity index (χ0n) is 8.96. The highest BCUT2D eigenvalue weighted by molar-refractivity contribution is 9.10. The topological polar surface area (TPSA) is 43.8 Å². The molecule has 84 valence electrons. The lowest BCUT2D eigenvalue weighted by Crippen LogP contribution is -1.98. The summed E-state index contributed by atoms with van der Waals surface area (Å²) in [5.74, 6) is 0.162. The van der Waals surface area contributed by atoms with Gasteiger partial charge in [0.2, 0.25) is 0 Å². The molecule has 1 aromatic carbocycles. The summed E-state index contributed by atoms with van der Waals surface area (Å²) < 4.78 is 16.2. The van der Waals surface area contributed by atoms with Crippen molar-refractivity contribution in [1.82, 2.24) is 9.78 Å². The second kappa shape index (κ2) is 3.90. The van der Waals surface area contributed by atoms with Crippen molar-refractivity contribution in [3.05, 3.63) is 34.2 Å². The minimum atomic E-state index is -0.291. The number of hydrogen-bond acceptors (Lipinski definition) is 2. The molecule has 0 spiro atoms. The largest absolute Gasteiger partial charge is 0.383 e. The Labute approximate surface area is 101 Å². The number of halogens is 2. The highest BCUT2D eigenvalue weighted by Gasteiger charge is 2.13. The predicted molar refractivity (Wildman–Crippen MR) is 65.5 cm³/mol. The normalized spacial score (nSPS) is 10.8. The van der Waals surface area contributed by atoms with E-state index in [4.69, 9.17) is 5.73 Å². The first kappa shape index (κ1) is 11.1. The van der Waals surface area contributed by atoms with E-state index in [0.29, 0.717) is 16.9 Å². The lowest BCUT2D eigenvalue weighted by atomic mass is 10.1. The number of nitrogens with zero attached hydrogens (tertiary/aromatic N) is 2. The minimum absolute atomic E-state index is 0.291. The highest BCUT2D eigenvalue weighted by atomic mass is 79.9. The van der Waals surface area contributed by atoms with E-state index >= 15 is 0 Å². The van der Waals surface area contributed by atoms with Crippen molar-refractivity contribution in [2.45, 2.75) is 6.92 Å². The van der Waals surface area contributed by atoms with Crippen molar-refractivity contribution in [1.29, 1.82) is 0 Å². The molecule has 3 nitrogen and oxygen atoms in total. The molecule has 0 aliphatic rings. The van der Waals surface area contributed by atoms with E-state index < -0.39 is 0 Å². The fraction of sp³-hybridized carbons (Fsp3) is 0.182. The third-order valence-corrected chi connectivity index (χ3v) is 3.38. The van der Waals surface area contributed by atoms with E-state index in [0.717, 1.165) is 10.0 Å². The van der Waals surface area contributed by atoms with Gasteiger partial charge in [0.25, 0.3) is 0 Å². The van der Waals surface area contributed by atoms with Gasteiger partial charge in [-0.1, -0.05) is 15.9 Å². The second-order valence-corrected chi connectivity index (χ2v) is 4.50. The summed E-state index contributed by atoms with van der Waals surface area (Å²) >= 11 is 3.37. The zero-order valence-corrected chi connectivity index (χ0v) is 10.5. The molecule has 0 aliphatic carbocycles. The molecule has 5 heteroatoms. The van der Waals surface area contributed by atoms with E-state index in [1.807, 2.05) is 6.92 Å². The number of nitrogen functional groups attached to an aromatic ring is 1. The van der Waals surface area contributed by atoms with Crippen LogP contribution in [0.2, 0.25) is 0 Å². The number of anilines is 1. The average Bonchev–Trinajstić information content (AvgIpc) is 2.54. The van der Waals surface area contributed by atoms with Gasteiger partial charge in [-0.15, -0.1) is 0 Å². The summed E-state index contributed by atoms with van der Waals surface area (Å²) in [6, 6.07) is 3.20. The van der Waals surface area contributed by atoms with Crippen molar-refractivity contribution in [3.63, 3.8) is 0 Å². The number of aromatic nitrogens is 2. The number of rotatable bonds is 1. The first-order chi connectivity index (χ1) is 7.50. The second-order valence-electron chi connectivity index (χ2n) is 3.65. The van der Waals surface area contributed by atoms with E-state index in [9.17, 15) is 4.39 Å². The van der Waals surface area contributed by atoms with Gasteiger partial charge in [0, 0.05) is 22.6 Å². The minimum Gasteiger partial charge on any atom is -0.383 e. The van der Waals surface area contributed by atoms with Gasteiger partial charge in [0.15, 0.2) is 0 Å². The Bertz CT molecular complexity index is 548. The molecule has 1 heterocycles. The molecule has 2 rings (SSSR count). The first-order valence-electron chi connectivity index (χ1n) is 4.74. The van der Waals surface area contributed by atoms with Crippen molar-refractivity contribution in [3.8, 4) is 11.1 Å². The van der Waals surface area contributed by atoms with Gasteiger partial charge in [0.05, 0.1) is 6.20 Å². The average molecular weight is 284 g/mol. The maximum Gasteiger partial charge on any atom is 0.131 e. The maximum atomic E-state index is 13.8. The Morgan fingerprint density at radius 1 is 1.38 bits per heavy atom. The monoisotopic (exact) mass is 283 g/mol. The number of aryl methyl sites for hydroxylation is 2. The fourth-order valence-electron chi connectivity index (χ4n) is 1.51. The molecule has 0 radical (unpaired) electrons. The van der Waals surface area contributed by atoms with Crippen molar-refractivity contribution < 1.29 is 4.39 Å². The fourth-order valence-corrected chi connectivity index (χ4v) is 1.85. The molecule has 0 bridgehead atoms. The van der Waals surface area contributed by atoms with Gasteiger partial charge in [-0.05, 0) is 24.6 Å². The number of nitrogens with two attached hydrogens (primary N) is 1. The molecule has 16 heavy (non-hydrogen) atoms. The smallest absolute Gasteiger partial charge is 0.131 e. The number of benzene rings is 1. The Hall–Kier alpha value is -1.36. The van der Waals surface area contributed by atoms with Gasteiger partial charge in [-0.25, -0.2) is 4.39 Å². The standard InChI is InChI=1S/C11H11BrFN3/c1-6-3-10(13)7(4-9(6)12)8-5-15-16(2)11(8)14/h3-5H,14H2,1-2H3. The van der Waals surface area contributed by atoms with Gasteiger partial charge >= 0.3 is 0 Å². The van der Waals surface area contributed by atoms with Gasteiger partial charge in [-0.2, -0.15) is 5.10 Å². The molecule has 0 fully saturated rings. The van der Waals surface area contributed by atoms with Crippen LogP contribution in [0, 0.1) is 12.7 Å². The maximum absolute atomic E-state index is 13.8. The Balaban J connectivity index is 2.65. The molecule has 1 aromatic heterocycles. The van der Waals surface area contributed by atoms with Crippen LogP contribution in [0.3, 0.4) is 0 Å². The quantitative estimate of drug-likeness (QED) is 0.875. The van der Waals surface area contributed by atoms with Crippen molar-refractivity contribution >= 4 is 21.7 Å². The van der Waals surface area contributed by atoms with Crippen LogP contribution in [0.5, 0.6) is 0 Å².